The van der Waals surface area contributed by atoms with Crippen LogP contribution < -0.4 is 0 Å². The van der Waals surface area contributed by atoms with Crippen LogP contribution in [0.15, 0.2) is 54.7 Å². The Morgan fingerprint density at radius 3 is 2.53 bits per heavy atom. The van der Waals surface area contributed by atoms with Gasteiger partial charge in [-0.25, -0.2) is 9.97 Å². The van der Waals surface area contributed by atoms with E-state index in [0.717, 1.165) is 16.5 Å². The summed E-state index contributed by atoms with van der Waals surface area (Å²) in [5, 5.41) is 1.28. The van der Waals surface area contributed by atoms with E-state index in [1.807, 2.05) is 30.3 Å². The van der Waals surface area contributed by atoms with E-state index >= 15 is 0 Å². The molecule has 17 heavy (non-hydrogen) atoms. The molecular formula is C14H9ClN2. The van der Waals surface area contributed by atoms with Crippen molar-refractivity contribution in [2.75, 3.05) is 0 Å². The highest BCUT2D eigenvalue weighted by atomic mass is 35.5. The molecule has 3 heteroatoms. The summed E-state index contributed by atoms with van der Waals surface area (Å²) < 4.78 is 0. The Kier molecular flexibility index (Phi) is 2.50. The first-order valence-corrected chi connectivity index (χ1v) is 5.68. The van der Waals surface area contributed by atoms with Crippen LogP contribution in [0.1, 0.15) is 0 Å². The summed E-state index contributed by atoms with van der Waals surface area (Å²) in [4.78, 5) is 8.16. The molecule has 0 unspecified atom stereocenters. The van der Waals surface area contributed by atoms with E-state index < -0.39 is 0 Å². The van der Waals surface area contributed by atoms with Gasteiger partial charge in [0, 0.05) is 11.6 Å². The maximum absolute atomic E-state index is 5.75. The summed E-state index contributed by atoms with van der Waals surface area (Å²) in [5.74, 6) is 0. The molecule has 2 nitrogen and oxygen atoms in total. The van der Waals surface area contributed by atoms with Crippen molar-refractivity contribution in [1.82, 2.24) is 9.97 Å². The van der Waals surface area contributed by atoms with Gasteiger partial charge < -0.3 is 0 Å². The number of hydrogen-bond acceptors (Lipinski definition) is 2. The number of benzene rings is 2. The number of rotatable bonds is 1. The van der Waals surface area contributed by atoms with Gasteiger partial charge in [0.05, 0.1) is 5.52 Å². The molecule has 0 atom stereocenters. The van der Waals surface area contributed by atoms with Gasteiger partial charge in [0.1, 0.15) is 0 Å². The first-order chi connectivity index (χ1) is 8.33. The monoisotopic (exact) mass is 240 g/mol. The van der Waals surface area contributed by atoms with Crippen LogP contribution in [-0.2, 0) is 0 Å². The first kappa shape index (κ1) is 10.2. The van der Waals surface area contributed by atoms with Gasteiger partial charge in [0.15, 0.2) is 0 Å². The quantitative estimate of drug-likeness (QED) is 0.602. The zero-order valence-electron chi connectivity index (χ0n) is 8.97. The Morgan fingerprint density at radius 2 is 1.71 bits per heavy atom. The second kappa shape index (κ2) is 4.15. The molecule has 0 radical (unpaired) electrons. The molecule has 0 amide bonds. The third-order valence-corrected chi connectivity index (χ3v) is 2.84. The fourth-order valence-corrected chi connectivity index (χ4v) is 1.96. The van der Waals surface area contributed by atoms with Crippen LogP contribution >= 0.6 is 11.6 Å². The number of nitrogens with zero attached hydrogens (tertiary/aromatic N) is 2. The third-order valence-electron chi connectivity index (χ3n) is 2.66. The zero-order chi connectivity index (χ0) is 11.7. The number of fused-ring (bicyclic) bond motifs is 1. The highest BCUT2D eigenvalue weighted by molar-refractivity contribution is 6.28. The molecule has 1 heterocycles. The molecule has 1 aromatic heterocycles. The molecule has 0 saturated carbocycles. The minimum absolute atomic E-state index is 0.282. The second-order valence-corrected chi connectivity index (χ2v) is 4.12. The Balaban J connectivity index is 2.17. The number of hydrogen-bond donors (Lipinski definition) is 0. The van der Waals surface area contributed by atoms with E-state index in [1.165, 1.54) is 5.56 Å². The lowest BCUT2D eigenvalue weighted by Crippen LogP contribution is -1.85. The average molecular weight is 241 g/mol. The van der Waals surface area contributed by atoms with Gasteiger partial charge in [0.2, 0.25) is 5.28 Å². The fourth-order valence-electron chi connectivity index (χ4n) is 1.82. The molecule has 0 aliphatic rings. The van der Waals surface area contributed by atoms with E-state index in [1.54, 1.807) is 6.20 Å². The van der Waals surface area contributed by atoms with Gasteiger partial charge in [-0.05, 0) is 34.9 Å². The van der Waals surface area contributed by atoms with Crippen molar-refractivity contribution in [3.05, 3.63) is 60.0 Å². The van der Waals surface area contributed by atoms with Gasteiger partial charge in [-0.1, -0.05) is 36.4 Å². The topological polar surface area (TPSA) is 25.8 Å². The standard InChI is InChI=1S/C14H9ClN2/c15-14-16-9-12-8-11(6-7-13(12)17-14)10-4-2-1-3-5-10/h1-9H. The molecule has 0 fully saturated rings. The fraction of sp³-hybridized carbons (Fsp3) is 0. The minimum atomic E-state index is 0.282. The summed E-state index contributed by atoms with van der Waals surface area (Å²) in [6.45, 7) is 0. The van der Waals surface area contributed by atoms with Crippen molar-refractivity contribution in [2.45, 2.75) is 0 Å². The molecule has 0 aliphatic heterocycles. The third kappa shape index (κ3) is 1.99. The van der Waals surface area contributed by atoms with Gasteiger partial charge in [-0.15, -0.1) is 0 Å². The zero-order valence-corrected chi connectivity index (χ0v) is 9.72. The van der Waals surface area contributed by atoms with Gasteiger partial charge in [-0.2, -0.15) is 0 Å². The molecule has 0 N–H and O–H groups in total. The lowest BCUT2D eigenvalue weighted by Gasteiger charge is -2.03. The van der Waals surface area contributed by atoms with E-state index in [-0.39, 0.29) is 5.28 Å². The van der Waals surface area contributed by atoms with Crippen molar-refractivity contribution in [2.24, 2.45) is 0 Å². The van der Waals surface area contributed by atoms with Crippen molar-refractivity contribution in [1.29, 1.82) is 0 Å². The van der Waals surface area contributed by atoms with Crippen molar-refractivity contribution in [3.8, 4) is 11.1 Å². The maximum Gasteiger partial charge on any atom is 0.222 e. The molecular weight excluding hydrogens is 232 g/mol. The average Bonchev–Trinajstić information content (AvgIpc) is 2.39. The number of aromatic nitrogens is 2. The normalized spacial score (nSPS) is 10.6. The molecule has 3 aromatic rings. The van der Waals surface area contributed by atoms with Crippen LogP contribution in [-0.4, -0.2) is 9.97 Å². The summed E-state index contributed by atoms with van der Waals surface area (Å²) in [6, 6.07) is 16.3. The molecule has 0 saturated heterocycles. The van der Waals surface area contributed by atoms with Crippen molar-refractivity contribution < 1.29 is 0 Å². The predicted octanol–water partition coefficient (Wildman–Crippen LogP) is 3.95. The van der Waals surface area contributed by atoms with Crippen molar-refractivity contribution >= 4 is 22.5 Å². The molecule has 3 rings (SSSR count). The summed E-state index contributed by atoms with van der Waals surface area (Å²) in [5.41, 5.74) is 3.21. The Morgan fingerprint density at radius 1 is 0.882 bits per heavy atom. The second-order valence-electron chi connectivity index (χ2n) is 3.78. The molecule has 82 valence electrons. The van der Waals surface area contributed by atoms with Gasteiger partial charge >= 0.3 is 0 Å². The van der Waals surface area contributed by atoms with E-state index in [4.69, 9.17) is 11.6 Å². The maximum atomic E-state index is 5.75. The summed E-state index contributed by atoms with van der Waals surface area (Å²) in [6.07, 6.45) is 1.75. The van der Waals surface area contributed by atoms with Crippen LogP contribution in [0.3, 0.4) is 0 Å². The van der Waals surface area contributed by atoms with Crippen LogP contribution in [0.25, 0.3) is 22.0 Å². The summed E-state index contributed by atoms with van der Waals surface area (Å²) in [7, 11) is 0. The van der Waals surface area contributed by atoms with Crippen LogP contribution in [0.2, 0.25) is 5.28 Å². The predicted molar refractivity (Wildman–Crippen MR) is 70.0 cm³/mol. The van der Waals surface area contributed by atoms with Crippen molar-refractivity contribution in [3.63, 3.8) is 0 Å². The highest BCUT2D eigenvalue weighted by Crippen LogP contribution is 2.23. The SMILES string of the molecule is Clc1ncc2cc(-c3ccccc3)ccc2n1. The van der Waals surface area contributed by atoms with Crippen LogP contribution in [0.4, 0.5) is 0 Å². The molecule has 2 aromatic carbocycles. The Bertz CT molecular complexity index is 665. The Hall–Kier alpha value is -1.93. The van der Waals surface area contributed by atoms with E-state index in [9.17, 15) is 0 Å². The molecule has 0 bridgehead atoms. The number of halogens is 1. The van der Waals surface area contributed by atoms with E-state index in [0.29, 0.717) is 0 Å². The summed E-state index contributed by atoms with van der Waals surface area (Å²) >= 11 is 5.75. The highest BCUT2D eigenvalue weighted by Gasteiger charge is 2.01. The first-order valence-electron chi connectivity index (χ1n) is 5.31. The van der Waals surface area contributed by atoms with Crippen LogP contribution in [0.5, 0.6) is 0 Å². The molecule has 0 aliphatic carbocycles. The Labute approximate surface area is 104 Å². The smallest absolute Gasteiger partial charge is 0.222 e. The van der Waals surface area contributed by atoms with Gasteiger partial charge in [-0.3, -0.25) is 0 Å². The van der Waals surface area contributed by atoms with Crippen LogP contribution in [0, 0.1) is 0 Å². The largest absolute Gasteiger partial charge is 0.226 e. The molecule has 0 spiro atoms. The lowest BCUT2D eigenvalue weighted by molar-refractivity contribution is 1.22. The minimum Gasteiger partial charge on any atom is -0.226 e. The lowest BCUT2D eigenvalue weighted by atomic mass is 10.0. The van der Waals surface area contributed by atoms with Gasteiger partial charge in [0.25, 0.3) is 0 Å². The van der Waals surface area contributed by atoms with E-state index in [2.05, 4.69) is 28.2 Å².